The Balaban J connectivity index is 2.18. The first kappa shape index (κ1) is 13.5. The van der Waals surface area contributed by atoms with Gasteiger partial charge in [0.1, 0.15) is 0 Å². The second-order valence-electron chi connectivity index (χ2n) is 4.56. The summed E-state index contributed by atoms with van der Waals surface area (Å²) in [4.78, 5) is 21.6. The smallest absolute Gasteiger partial charge is 0.257 e. The molecule has 1 aliphatic rings. The standard InChI is InChI=1S/C12H18N4O3/c1-8(2)19-12-11(14-3-4-15-12)16-5-6-18-9(7-16)10(13)17/h3-4,8-9H,5-7H2,1-2H3,(H2,13,17). The van der Waals surface area contributed by atoms with Crippen molar-refractivity contribution in [2.45, 2.75) is 26.1 Å². The predicted octanol–water partition coefficient (Wildman–Crippen LogP) is -0.0457. The molecule has 19 heavy (non-hydrogen) atoms. The highest BCUT2D eigenvalue weighted by molar-refractivity contribution is 5.79. The van der Waals surface area contributed by atoms with Crippen LogP contribution in [0.3, 0.4) is 0 Å². The zero-order valence-electron chi connectivity index (χ0n) is 11.1. The Kier molecular flexibility index (Phi) is 4.16. The Labute approximate surface area is 111 Å². The molecule has 0 aromatic carbocycles. The molecule has 2 heterocycles. The van der Waals surface area contributed by atoms with Crippen molar-refractivity contribution < 1.29 is 14.3 Å². The van der Waals surface area contributed by atoms with Crippen LogP contribution in [0.2, 0.25) is 0 Å². The van der Waals surface area contributed by atoms with Crippen molar-refractivity contribution in [1.29, 1.82) is 0 Å². The van der Waals surface area contributed by atoms with Crippen LogP contribution in [-0.4, -0.2) is 47.8 Å². The lowest BCUT2D eigenvalue weighted by Crippen LogP contribution is -2.48. The number of carbonyl (C=O) groups excluding carboxylic acids is 1. The number of ether oxygens (including phenoxy) is 2. The van der Waals surface area contributed by atoms with Gasteiger partial charge in [0, 0.05) is 18.9 Å². The molecular weight excluding hydrogens is 248 g/mol. The third kappa shape index (κ3) is 3.31. The average Bonchev–Trinajstić information content (AvgIpc) is 2.39. The van der Waals surface area contributed by atoms with Crippen molar-refractivity contribution in [3.05, 3.63) is 12.4 Å². The summed E-state index contributed by atoms with van der Waals surface area (Å²) in [5, 5.41) is 0. The number of hydrogen-bond donors (Lipinski definition) is 1. The lowest BCUT2D eigenvalue weighted by atomic mass is 10.2. The maximum Gasteiger partial charge on any atom is 0.257 e. The van der Waals surface area contributed by atoms with Gasteiger partial charge < -0.3 is 20.1 Å². The minimum Gasteiger partial charge on any atom is -0.472 e. The van der Waals surface area contributed by atoms with Crippen LogP contribution in [0.5, 0.6) is 5.88 Å². The van der Waals surface area contributed by atoms with Crippen molar-refractivity contribution in [3.63, 3.8) is 0 Å². The highest BCUT2D eigenvalue weighted by Gasteiger charge is 2.27. The average molecular weight is 266 g/mol. The Hall–Kier alpha value is -1.89. The van der Waals surface area contributed by atoms with Crippen LogP contribution in [0, 0.1) is 0 Å². The van der Waals surface area contributed by atoms with Crippen LogP contribution < -0.4 is 15.4 Å². The van der Waals surface area contributed by atoms with Gasteiger partial charge in [0.15, 0.2) is 11.9 Å². The van der Waals surface area contributed by atoms with Gasteiger partial charge in [-0.05, 0) is 13.8 Å². The summed E-state index contributed by atoms with van der Waals surface area (Å²) in [7, 11) is 0. The molecule has 1 saturated heterocycles. The van der Waals surface area contributed by atoms with Crippen molar-refractivity contribution in [2.24, 2.45) is 5.73 Å². The molecule has 7 heteroatoms. The van der Waals surface area contributed by atoms with Gasteiger partial charge in [-0.2, -0.15) is 0 Å². The van der Waals surface area contributed by atoms with E-state index in [0.29, 0.717) is 31.4 Å². The molecule has 1 aromatic rings. The number of hydrogen-bond acceptors (Lipinski definition) is 6. The highest BCUT2D eigenvalue weighted by Crippen LogP contribution is 2.25. The van der Waals surface area contributed by atoms with Gasteiger partial charge in [-0.25, -0.2) is 9.97 Å². The lowest BCUT2D eigenvalue weighted by molar-refractivity contribution is -0.130. The Morgan fingerprint density at radius 1 is 1.53 bits per heavy atom. The molecule has 0 bridgehead atoms. The highest BCUT2D eigenvalue weighted by atomic mass is 16.5. The van der Waals surface area contributed by atoms with Crippen molar-refractivity contribution in [1.82, 2.24) is 9.97 Å². The van der Waals surface area contributed by atoms with Crippen LogP contribution >= 0.6 is 0 Å². The summed E-state index contributed by atoms with van der Waals surface area (Å²) in [5.41, 5.74) is 5.27. The van der Waals surface area contributed by atoms with Gasteiger partial charge in [0.2, 0.25) is 5.91 Å². The SMILES string of the molecule is CC(C)Oc1nccnc1N1CCOC(C(N)=O)C1. The lowest BCUT2D eigenvalue weighted by Gasteiger charge is -2.32. The minimum absolute atomic E-state index is 0.00317. The largest absolute Gasteiger partial charge is 0.472 e. The summed E-state index contributed by atoms with van der Waals surface area (Å²) in [6.07, 6.45) is 2.55. The first-order valence-corrected chi connectivity index (χ1v) is 6.21. The summed E-state index contributed by atoms with van der Waals surface area (Å²) in [6.45, 7) is 5.25. The summed E-state index contributed by atoms with van der Waals surface area (Å²) >= 11 is 0. The fraction of sp³-hybridized carbons (Fsp3) is 0.583. The molecule has 2 rings (SSSR count). The first-order valence-electron chi connectivity index (χ1n) is 6.21. The van der Waals surface area contributed by atoms with E-state index in [-0.39, 0.29) is 6.10 Å². The molecule has 0 spiro atoms. The summed E-state index contributed by atoms with van der Waals surface area (Å²) in [5.74, 6) is 0.605. The number of carbonyl (C=O) groups is 1. The Bertz CT molecular complexity index is 452. The molecule has 0 radical (unpaired) electrons. The fourth-order valence-corrected chi connectivity index (χ4v) is 1.86. The molecule has 104 valence electrons. The first-order chi connectivity index (χ1) is 9.08. The van der Waals surface area contributed by atoms with E-state index in [9.17, 15) is 4.79 Å². The van der Waals surface area contributed by atoms with Gasteiger partial charge in [-0.3, -0.25) is 4.79 Å². The van der Waals surface area contributed by atoms with E-state index in [1.807, 2.05) is 18.7 Å². The topological polar surface area (TPSA) is 90.6 Å². The maximum absolute atomic E-state index is 11.2. The second kappa shape index (κ2) is 5.83. The van der Waals surface area contributed by atoms with Gasteiger partial charge in [-0.15, -0.1) is 0 Å². The van der Waals surface area contributed by atoms with E-state index in [1.54, 1.807) is 12.4 Å². The number of anilines is 1. The number of amides is 1. The molecule has 7 nitrogen and oxygen atoms in total. The van der Waals surface area contributed by atoms with Crippen LogP contribution in [0.15, 0.2) is 12.4 Å². The summed E-state index contributed by atoms with van der Waals surface area (Å²) < 4.78 is 10.9. The van der Waals surface area contributed by atoms with E-state index >= 15 is 0 Å². The molecule has 1 atom stereocenters. The van der Waals surface area contributed by atoms with Gasteiger partial charge in [0.25, 0.3) is 5.88 Å². The number of rotatable bonds is 4. The van der Waals surface area contributed by atoms with Crippen LogP contribution in [-0.2, 0) is 9.53 Å². The molecule has 2 N–H and O–H groups in total. The number of aromatic nitrogens is 2. The molecule has 1 fully saturated rings. The number of morpholine rings is 1. The number of primary amides is 1. The van der Waals surface area contributed by atoms with E-state index in [4.69, 9.17) is 15.2 Å². The minimum atomic E-state index is -0.623. The monoisotopic (exact) mass is 266 g/mol. The normalized spacial score (nSPS) is 19.5. The Morgan fingerprint density at radius 2 is 2.26 bits per heavy atom. The van der Waals surface area contributed by atoms with Crippen LogP contribution in [0.25, 0.3) is 0 Å². The number of nitrogens with zero attached hydrogens (tertiary/aromatic N) is 3. The second-order valence-corrected chi connectivity index (χ2v) is 4.56. The van der Waals surface area contributed by atoms with E-state index < -0.39 is 12.0 Å². The molecule has 1 aromatic heterocycles. The maximum atomic E-state index is 11.2. The molecule has 1 aliphatic heterocycles. The van der Waals surface area contributed by atoms with E-state index in [2.05, 4.69) is 9.97 Å². The molecule has 1 amide bonds. The zero-order valence-corrected chi connectivity index (χ0v) is 11.1. The van der Waals surface area contributed by atoms with E-state index in [1.165, 1.54) is 0 Å². The van der Waals surface area contributed by atoms with Gasteiger partial charge >= 0.3 is 0 Å². The Morgan fingerprint density at radius 3 is 2.95 bits per heavy atom. The fourth-order valence-electron chi connectivity index (χ4n) is 1.86. The molecular formula is C12H18N4O3. The predicted molar refractivity (Wildman–Crippen MR) is 68.9 cm³/mol. The molecule has 0 saturated carbocycles. The van der Waals surface area contributed by atoms with Gasteiger partial charge in [0.05, 0.1) is 19.3 Å². The van der Waals surface area contributed by atoms with Crippen molar-refractivity contribution in [3.8, 4) is 5.88 Å². The van der Waals surface area contributed by atoms with Gasteiger partial charge in [-0.1, -0.05) is 0 Å². The third-order valence-electron chi connectivity index (χ3n) is 2.68. The number of nitrogens with two attached hydrogens (primary N) is 1. The molecule has 0 aliphatic carbocycles. The molecule has 1 unspecified atom stereocenters. The van der Waals surface area contributed by atoms with Crippen molar-refractivity contribution >= 4 is 11.7 Å². The van der Waals surface area contributed by atoms with Crippen LogP contribution in [0.4, 0.5) is 5.82 Å². The summed E-state index contributed by atoms with van der Waals surface area (Å²) in [6, 6.07) is 0. The van der Waals surface area contributed by atoms with E-state index in [0.717, 1.165) is 0 Å². The van der Waals surface area contributed by atoms with Crippen LogP contribution in [0.1, 0.15) is 13.8 Å². The zero-order chi connectivity index (χ0) is 13.8. The third-order valence-corrected chi connectivity index (χ3v) is 2.68. The quantitative estimate of drug-likeness (QED) is 0.822. The van der Waals surface area contributed by atoms with Crippen molar-refractivity contribution in [2.75, 3.05) is 24.6 Å².